The second-order valence-corrected chi connectivity index (χ2v) is 4.55. The van der Waals surface area contributed by atoms with Crippen LogP contribution in [0.3, 0.4) is 0 Å². The molecule has 0 radical (unpaired) electrons. The Balaban J connectivity index is 2.46. The molecule has 3 nitrogen and oxygen atoms in total. The monoisotopic (exact) mass is 241 g/mol. The number of nitrogens with two attached hydrogens (primary N) is 1. The fourth-order valence-electron chi connectivity index (χ4n) is 2.10. The molecule has 2 N–H and O–H groups in total. The molecule has 0 fully saturated rings. The van der Waals surface area contributed by atoms with Crippen LogP contribution in [-0.4, -0.2) is 12.0 Å². The number of rotatable bonds is 3. The zero-order valence-electron chi connectivity index (χ0n) is 11.1. The molecule has 18 heavy (non-hydrogen) atoms. The zero-order chi connectivity index (χ0) is 13.1. The molecule has 1 atom stereocenters. The van der Waals surface area contributed by atoms with Crippen molar-refractivity contribution in [2.75, 3.05) is 11.9 Å². The van der Waals surface area contributed by atoms with E-state index in [1.54, 1.807) is 6.20 Å². The van der Waals surface area contributed by atoms with Crippen molar-refractivity contribution in [3.63, 3.8) is 0 Å². The fraction of sp³-hybridized carbons (Fsp3) is 0.267. The summed E-state index contributed by atoms with van der Waals surface area (Å²) in [7, 11) is 2.02. The van der Waals surface area contributed by atoms with Crippen LogP contribution in [0.4, 0.5) is 11.5 Å². The molecule has 0 bridgehead atoms. The number of hydrogen-bond donors (Lipinski definition) is 1. The highest BCUT2D eigenvalue weighted by molar-refractivity contribution is 5.65. The maximum absolute atomic E-state index is 6.00. The third-order valence-electron chi connectivity index (χ3n) is 3.10. The number of aryl methyl sites for hydroxylation is 1. The molecule has 1 aromatic heterocycles. The summed E-state index contributed by atoms with van der Waals surface area (Å²) in [5.41, 5.74) is 9.43. The molecule has 0 saturated carbocycles. The first-order valence-electron chi connectivity index (χ1n) is 6.11. The van der Waals surface area contributed by atoms with E-state index in [9.17, 15) is 0 Å². The van der Waals surface area contributed by atoms with Crippen LogP contribution in [-0.2, 0) is 0 Å². The van der Waals surface area contributed by atoms with Crippen molar-refractivity contribution in [1.82, 2.24) is 4.98 Å². The van der Waals surface area contributed by atoms with Crippen molar-refractivity contribution in [2.45, 2.75) is 19.9 Å². The van der Waals surface area contributed by atoms with E-state index in [-0.39, 0.29) is 6.04 Å². The van der Waals surface area contributed by atoms with Gasteiger partial charge in [-0.15, -0.1) is 0 Å². The molecule has 0 aliphatic heterocycles. The van der Waals surface area contributed by atoms with Crippen LogP contribution in [0.1, 0.15) is 24.1 Å². The van der Waals surface area contributed by atoms with E-state index in [1.165, 1.54) is 5.56 Å². The van der Waals surface area contributed by atoms with Gasteiger partial charge in [0.15, 0.2) is 0 Å². The highest BCUT2D eigenvalue weighted by atomic mass is 15.2. The van der Waals surface area contributed by atoms with E-state index in [2.05, 4.69) is 28.9 Å². The first-order valence-corrected chi connectivity index (χ1v) is 6.11. The minimum atomic E-state index is -0.0276. The quantitative estimate of drug-likeness (QED) is 0.897. The Morgan fingerprint density at radius 1 is 1.17 bits per heavy atom. The summed E-state index contributed by atoms with van der Waals surface area (Å²) in [6.07, 6.45) is 1.80. The standard InChI is InChI=1S/C15H19N3/c1-11-7-4-5-9-14(11)18(3)15-13(12(2)16)8-6-10-17-15/h4-10,12H,16H2,1-3H3. The SMILES string of the molecule is Cc1ccccc1N(C)c1ncccc1C(C)N. The largest absolute Gasteiger partial charge is 0.329 e. The predicted molar refractivity (Wildman–Crippen MR) is 76.1 cm³/mol. The van der Waals surface area contributed by atoms with Gasteiger partial charge >= 0.3 is 0 Å². The van der Waals surface area contributed by atoms with E-state index < -0.39 is 0 Å². The lowest BCUT2D eigenvalue weighted by molar-refractivity contribution is 0.807. The molecule has 1 aromatic carbocycles. The van der Waals surface area contributed by atoms with E-state index in [1.807, 2.05) is 38.2 Å². The smallest absolute Gasteiger partial charge is 0.137 e. The summed E-state index contributed by atoms with van der Waals surface area (Å²) in [5.74, 6) is 0.918. The predicted octanol–water partition coefficient (Wildman–Crippen LogP) is 3.18. The molecule has 0 aliphatic rings. The Bertz CT molecular complexity index is 535. The van der Waals surface area contributed by atoms with E-state index in [0.717, 1.165) is 17.1 Å². The number of pyridine rings is 1. The Morgan fingerprint density at radius 3 is 2.56 bits per heavy atom. The second-order valence-electron chi connectivity index (χ2n) is 4.55. The summed E-state index contributed by atoms with van der Waals surface area (Å²) < 4.78 is 0. The van der Waals surface area contributed by atoms with Gasteiger partial charge in [-0.1, -0.05) is 24.3 Å². The first kappa shape index (κ1) is 12.6. The van der Waals surface area contributed by atoms with Gasteiger partial charge in [0.25, 0.3) is 0 Å². The van der Waals surface area contributed by atoms with Gasteiger partial charge < -0.3 is 10.6 Å². The molecule has 3 heteroatoms. The molecule has 0 amide bonds. The molecule has 0 saturated heterocycles. The molecule has 0 aliphatic carbocycles. The lowest BCUT2D eigenvalue weighted by Gasteiger charge is -2.24. The van der Waals surface area contributed by atoms with Gasteiger partial charge in [-0.05, 0) is 31.5 Å². The van der Waals surface area contributed by atoms with Gasteiger partial charge in [-0.25, -0.2) is 4.98 Å². The van der Waals surface area contributed by atoms with Crippen molar-refractivity contribution in [3.05, 3.63) is 53.7 Å². The zero-order valence-corrected chi connectivity index (χ0v) is 11.1. The number of para-hydroxylation sites is 1. The Labute approximate surface area is 108 Å². The van der Waals surface area contributed by atoms with Crippen LogP contribution in [0.15, 0.2) is 42.6 Å². The van der Waals surface area contributed by atoms with Gasteiger partial charge in [0.1, 0.15) is 5.82 Å². The van der Waals surface area contributed by atoms with Crippen molar-refractivity contribution < 1.29 is 0 Å². The fourth-order valence-corrected chi connectivity index (χ4v) is 2.10. The van der Waals surface area contributed by atoms with Gasteiger partial charge in [-0.2, -0.15) is 0 Å². The number of aromatic nitrogens is 1. The van der Waals surface area contributed by atoms with Gasteiger partial charge in [-0.3, -0.25) is 0 Å². The van der Waals surface area contributed by atoms with Crippen molar-refractivity contribution >= 4 is 11.5 Å². The van der Waals surface area contributed by atoms with Crippen LogP contribution >= 0.6 is 0 Å². The maximum Gasteiger partial charge on any atom is 0.137 e. The van der Waals surface area contributed by atoms with Crippen LogP contribution in [0.25, 0.3) is 0 Å². The summed E-state index contributed by atoms with van der Waals surface area (Å²) in [5, 5.41) is 0. The van der Waals surface area contributed by atoms with Crippen molar-refractivity contribution in [2.24, 2.45) is 5.73 Å². The number of anilines is 2. The van der Waals surface area contributed by atoms with Gasteiger partial charge in [0, 0.05) is 30.5 Å². The van der Waals surface area contributed by atoms with Gasteiger partial charge in [0.05, 0.1) is 0 Å². The average Bonchev–Trinajstić information content (AvgIpc) is 2.38. The van der Waals surface area contributed by atoms with Crippen LogP contribution in [0, 0.1) is 6.92 Å². The first-order chi connectivity index (χ1) is 8.61. The Kier molecular flexibility index (Phi) is 3.63. The summed E-state index contributed by atoms with van der Waals surface area (Å²) in [4.78, 5) is 6.55. The molecular weight excluding hydrogens is 222 g/mol. The number of hydrogen-bond acceptors (Lipinski definition) is 3. The Morgan fingerprint density at radius 2 is 1.89 bits per heavy atom. The van der Waals surface area contributed by atoms with Crippen molar-refractivity contribution in [1.29, 1.82) is 0 Å². The summed E-state index contributed by atoms with van der Waals surface area (Å²) in [6, 6.07) is 12.2. The van der Waals surface area contributed by atoms with E-state index >= 15 is 0 Å². The molecule has 0 spiro atoms. The lowest BCUT2D eigenvalue weighted by atomic mass is 10.1. The third kappa shape index (κ3) is 2.36. The lowest BCUT2D eigenvalue weighted by Crippen LogP contribution is -2.17. The Hall–Kier alpha value is -1.87. The van der Waals surface area contributed by atoms with Crippen molar-refractivity contribution in [3.8, 4) is 0 Å². The van der Waals surface area contributed by atoms with Crippen LogP contribution in [0.2, 0.25) is 0 Å². The van der Waals surface area contributed by atoms with Gasteiger partial charge in [0.2, 0.25) is 0 Å². The highest BCUT2D eigenvalue weighted by Crippen LogP contribution is 2.29. The highest BCUT2D eigenvalue weighted by Gasteiger charge is 2.14. The molecule has 2 aromatic rings. The second kappa shape index (κ2) is 5.19. The number of nitrogens with zero attached hydrogens (tertiary/aromatic N) is 2. The normalized spacial score (nSPS) is 12.2. The summed E-state index contributed by atoms with van der Waals surface area (Å²) >= 11 is 0. The average molecular weight is 241 g/mol. The maximum atomic E-state index is 6.00. The van der Waals surface area contributed by atoms with E-state index in [4.69, 9.17) is 5.73 Å². The molecule has 1 unspecified atom stereocenters. The third-order valence-corrected chi connectivity index (χ3v) is 3.10. The van der Waals surface area contributed by atoms with E-state index in [0.29, 0.717) is 0 Å². The summed E-state index contributed by atoms with van der Waals surface area (Å²) in [6.45, 7) is 4.08. The molecular formula is C15H19N3. The topological polar surface area (TPSA) is 42.2 Å². The van der Waals surface area contributed by atoms with Crippen LogP contribution < -0.4 is 10.6 Å². The van der Waals surface area contributed by atoms with Crippen LogP contribution in [0.5, 0.6) is 0 Å². The molecule has 2 rings (SSSR count). The minimum absolute atomic E-state index is 0.0276. The minimum Gasteiger partial charge on any atom is -0.329 e. The molecule has 1 heterocycles. The number of benzene rings is 1. The molecule has 94 valence electrons.